The Morgan fingerprint density at radius 3 is 2.25 bits per heavy atom. The topological polar surface area (TPSA) is 41.4 Å². The van der Waals surface area contributed by atoms with Crippen LogP contribution < -0.4 is 0 Å². The van der Waals surface area contributed by atoms with E-state index in [1.165, 1.54) is 0 Å². The maximum absolute atomic E-state index is 6.06. The van der Waals surface area contributed by atoms with Crippen molar-refractivity contribution in [2.45, 2.75) is 18.8 Å². The highest BCUT2D eigenvalue weighted by atomic mass is 35.5. The number of nitrogens with zero attached hydrogens (tertiary/aromatic N) is 4. The Morgan fingerprint density at radius 2 is 1.81 bits per heavy atom. The third-order valence-electron chi connectivity index (χ3n) is 2.23. The monoisotopic (exact) mass is 258 g/mol. The van der Waals surface area contributed by atoms with Gasteiger partial charge in [0.05, 0.1) is 6.34 Å². The van der Waals surface area contributed by atoms with Gasteiger partial charge in [0.15, 0.2) is 0 Å². The molecule has 2 rings (SSSR count). The van der Waals surface area contributed by atoms with Gasteiger partial charge in [0.1, 0.15) is 10.3 Å². The second-order valence-electron chi connectivity index (χ2n) is 4.00. The van der Waals surface area contributed by atoms with Crippen LogP contribution in [0.5, 0.6) is 0 Å². The normalized spacial score (nSPS) is 15.8. The lowest BCUT2D eigenvalue weighted by Crippen LogP contribution is -2.07. The number of aromatic nitrogens is 2. The third-order valence-corrected chi connectivity index (χ3v) is 2.81. The van der Waals surface area contributed by atoms with E-state index in [1.54, 1.807) is 11.2 Å². The minimum atomic E-state index is 0.299. The van der Waals surface area contributed by atoms with E-state index in [1.807, 2.05) is 14.1 Å². The lowest BCUT2D eigenvalue weighted by molar-refractivity contribution is 0.642. The standard InChI is InChI=1S/C10H12Cl2N4/c1-16(2)5-13-10-14-8(11)7(6-3-4-6)9(12)15-10/h5-6H,3-4H2,1-2H3/b13-5+. The Morgan fingerprint density at radius 1 is 1.25 bits per heavy atom. The molecule has 1 heterocycles. The van der Waals surface area contributed by atoms with Crippen LogP contribution >= 0.6 is 23.2 Å². The molecule has 6 heteroatoms. The molecule has 0 N–H and O–H groups in total. The second-order valence-corrected chi connectivity index (χ2v) is 4.72. The predicted octanol–water partition coefficient (Wildman–Crippen LogP) is 2.88. The van der Waals surface area contributed by atoms with Crippen molar-refractivity contribution in [2.75, 3.05) is 14.1 Å². The van der Waals surface area contributed by atoms with Crippen molar-refractivity contribution in [3.63, 3.8) is 0 Å². The first-order valence-electron chi connectivity index (χ1n) is 5.01. The van der Waals surface area contributed by atoms with Crippen LogP contribution in [0.1, 0.15) is 24.3 Å². The zero-order chi connectivity index (χ0) is 11.7. The molecular weight excluding hydrogens is 247 g/mol. The Bertz CT molecular complexity index is 404. The molecule has 1 aromatic rings. The number of hydrogen-bond donors (Lipinski definition) is 0. The van der Waals surface area contributed by atoms with Crippen molar-refractivity contribution >= 4 is 35.5 Å². The minimum absolute atomic E-state index is 0.299. The van der Waals surface area contributed by atoms with Crippen LogP contribution in [0.15, 0.2) is 4.99 Å². The van der Waals surface area contributed by atoms with Gasteiger partial charge in [-0.25, -0.2) is 4.99 Å². The molecule has 1 aliphatic carbocycles. The Labute approximate surface area is 104 Å². The van der Waals surface area contributed by atoms with E-state index < -0.39 is 0 Å². The third kappa shape index (κ3) is 2.62. The zero-order valence-corrected chi connectivity index (χ0v) is 10.6. The van der Waals surface area contributed by atoms with Crippen molar-refractivity contribution in [3.8, 4) is 0 Å². The van der Waals surface area contributed by atoms with Crippen LogP contribution in [0.4, 0.5) is 5.95 Å². The molecule has 1 fully saturated rings. The van der Waals surface area contributed by atoms with Gasteiger partial charge in [-0.15, -0.1) is 0 Å². The molecule has 0 amide bonds. The smallest absolute Gasteiger partial charge is 0.253 e. The maximum atomic E-state index is 6.06. The van der Waals surface area contributed by atoms with Gasteiger partial charge in [0, 0.05) is 19.7 Å². The Hall–Kier alpha value is -0.870. The van der Waals surface area contributed by atoms with Gasteiger partial charge in [0.2, 0.25) is 0 Å². The molecule has 0 bridgehead atoms. The second kappa shape index (κ2) is 4.55. The van der Waals surface area contributed by atoms with Crippen LogP contribution in [-0.2, 0) is 0 Å². The number of rotatable bonds is 3. The molecule has 1 aliphatic rings. The number of hydrogen-bond acceptors (Lipinski definition) is 3. The molecule has 4 nitrogen and oxygen atoms in total. The first kappa shape index (κ1) is 11.6. The highest BCUT2D eigenvalue weighted by Gasteiger charge is 2.30. The van der Waals surface area contributed by atoms with Crippen LogP contribution in [-0.4, -0.2) is 35.3 Å². The van der Waals surface area contributed by atoms with Crippen LogP contribution in [0.25, 0.3) is 0 Å². The summed E-state index contributed by atoms with van der Waals surface area (Å²) in [6.07, 6.45) is 3.84. The summed E-state index contributed by atoms with van der Waals surface area (Å²) in [6.45, 7) is 0. The molecule has 0 radical (unpaired) electrons. The quantitative estimate of drug-likeness (QED) is 0.476. The predicted molar refractivity (Wildman–Crippen MR) is 65.9 cm³/mol. The fourth-order valence-corrected chi connectivity index (χ4v) is 2.03. The summed E-state index contributed by atoms with van der Waals surface area (Å²) in [5.41, 5.74) is 0.868. The van der Waals surface area contributed by atoms with E-state index >= 15 is 0 Å². The molecule has 0 aromatic carbocycles. The fraction of sp³-hybridized carbons (Fsp3) is 0.500. The van der Waals surface area contributed by atoms with Crippen molar-refractivity contribution in [1.82, 2.24) is 14.9 Å². The van der Waals surface area contributed by atoms with Crippen LogP contribution in [0.2, 0.25) is 10.3 Å². The van der Waals surface area contributed by atoms with Crippen molar-refractivity contribution in [3.05, 3.63) is 15.9 Å². The van der Waals surface area contributed by atoms with Crippen LogP contribution in [0, 0.1) is 0 Å². The van der Waals surface area contributed by atoms with Crippen molar-refractivity contribution in [2.24, 2.45) is 4.99 Å². The van der Waals surface area contributed by atoms with E-state index in [0.717, 1.165) is 18.4 Å². The summed E-state index contributed by atoms with van der Waals surface area (Å²) in [5.74, 6) is 0.736. The average molecular weight is 259 g/mol. The zero-order valence-electron chi connectivity index (χ0n) is 9.11. The van der Waals surface area contributed by atoms with E-state index in [0.29, 0.717) is 22.2 Å². The molecule has 0 unspecified atom stereocenters. The molecule has 16 heavy (non-hydrogen) atoms. The highest BCUT2D eigenvalue weighted by Crippen LogP contribution is 2.45. The summed E-state index contributed by atoms with van der Waals surface area (Å²) in [7, 11) is 3.73. The van der Waals surface area contributed by atoms with Gasteiger partial charge < -0.3 is 4.90 Å². The van der Waals surface area contributed by atoms with Crippen molar-refractivity contribution < 1.29 is 0 Å². The summed E-state index contributed by atoms with van der Waals surface area (Å²) < 4.78 is 0. The van der Waals surface area contributed by atoms with Gasteiger partial charge in [-0.1, -0.05) is 23.2 Å². The van der Waals surface area contributed by atoms with Crippen LogP contribution in [0.3, 0.4) is 0 Å². The molecule has 0 aliphatic heterocycles. The average Bonchev–Trinajstić information content (AvgIpc) is 2.97. The van der Waals surface area contributed by atoms with E-state index in [-0.39, 0.29) is 0 Å². The van der Waals surface area contributed by atoms with Crippen molar-refractivity contribution in [1.29, 1.82) is 0 Å². The lowest BCUT2D eigenvalue weighted by Gasteiger charge is -2.05. The van der Waals surface area contributed by atoms with Gasteiger partial charge in [0.25, 0.3) is 5.95 Å². The highest BCUT2D eigenvalue weighted by molar-refractivity contribution is 6.34. The number of aliphatic imine (C=N–C) groups is 1. The molecule has 1 aromatic heterocycles. The number of halogens is 2. The summed E-state index contributed by atoms with van der Waals surface area (Å²) in [5, 5.41) is 0.849. The molecule has 86 valence electrons. The van der Waals surface area contributed by atoms with Gasteiger partial charge in [-0.3, -0.25) is 0 Å². The first-order chi connectivity index (χ1) is 7.58. The Kier molecular flexibility index (Phi) is 3.30. The van der Waals surface area contributed by atoms with Gasteiger partial charge >= 0.3 is 0 Å². The molecule has 0 saturated heterocycles. The summed E-state index contributed by atoms with van der Waals surface area (Å²) in [6, 6.07) is 0. The fourth-order valence-electron chi connectivity index (χ4n) is 1.34. The summed E-state index contributed by atoms with van der Waals surface area (Å²) in [4.78, 5) is 14.1. The SMILES string of the molecule is CN(C)/C=N/c1nc(Cl)c(C2CC2)c(Cl)n1. The summed E-state index contributed by atoms with van der Waals surface area (Å²) >= 11 is 12.1. The van der Waals surface area contributed by atoms with E-state index in [2.05, 4.69) is 15.0 Å². The van der Waals surface area contributed by atoms with E-state index in [9.17, 15) is 0 Å². The molecule has 0 atom stereocenters. The van der Waals surface area contributed by atoms with Gasteiger partial charge in [-0.05, 0) is 18.8 Å². The molecule has 1 saturated carbocycles. The minimum Gasteiger partial charge on any atom is -0.369 e. The Balaban J connectivity index is 2.29. The molecule has 0 spiro atoms. The van der Waals surface area contributed by atoms with Gasteiger partial charge in [-0.2, -0.15) is 9.97 Å². The van der Waals surface area contributed by atoms with E-state index in [4.69, 9.17) is 23.2 Å². The first-order valence-corrected chi connectivity index (χ1v) is 5.77. The maximum Gasteiger partial charge on any atom is 0.253 e. The molecular formula is C10H12Cl2N4. The largest absolute Gasteiger partial charge is 0.369 e. The lowest BCUT2D eigenvalue weighted by atomic mass is 10.2.